The number of carbonyl (C=O) groups is 1. The van der Waals surface area contributed by atoms with Crippen molar-refractivity contribution in [3.63, 3.8) is 0 Å². The SMILES string of the molecule is Cc1ccc(N2CCC(Oc3ccc(N4N=C(C(F)(F)F)[C@@H](C)[C@@H]4COC=O)cc3)CC2)nc1. The van der Waals surface area contributed by atoms with Gasteiger partial charge in [0.05, 0.1) is 11.7 Å². The molecule has 1 aromatic carbocycles. The van der Waals surface area contributed by atoms with Gasteiger partial charge in [0.25, 0.3) is 6.47 Å². The van der Waals surface area contributed by atoms with Gasteiger partial charge in [-0.05, 0) is 42.8 Å². The van der Waals surface area contributed by atoms with Crippen molar-refractivity contribution in [1.82, 2.24) is 4.98 Å². The Morgan fingerprint density at radius 1 is 1.12 bits per heavy atom. The number of rotatable bonds is 7. The van der Waals surface area contributed by atoms with E-state index < -0.39 is 23.8 Å². The zero-order valence-corrected chi connectivity index (χ0v) is 19.0. The molecule has 1 saturated heterocycles. The minimum Gasteiger partial charge on any atom is -0.490 e. The van der Waals surface area contributed by atoms with Crippen LogP contribution in [0.1, 0.15) is 25.3 Å². The van der Waals surface area contributed by atoms with Crippen LogP contribution in [0, 0.1) is 12.8 Å². The molecule has 2 aliphatic heterocycles. The summed E-state index contributed by atoms with van der Waals surface area (Å²) in [5.41, 5.74) is 0.706. The van der Waals surface area contributed by atoms with Gasteiger partial charge < -0.3 is 14.4 Å². The molecule has 0 spiro atoms. The van der Waals surface area contributed by atoms with Crippen LogP contribution in [0.4, 0.5) is 24.7 Å². The van der Waals surface area contributed by atoms with Crippen molar-refractivity contribution in [3.8, 4) is 5.75 Å². The molecule has 0 N–H and O–H groups in total. The maximum Gasteiger partial charge on any atom is 0.431 e. The van der Waals surface area contributed by atoms with Crippen LogP contribution in [0.25, 0.3) is 0 Å². The molecule has 182 valence electrons. The number of aromatic nitrogens is 1. The van der Waals surface area contributed by atoms with E-state index in [1.165, 1.54) is 11.9 Å². The molecule has 7 nitrogen and oxygen atoms in total. The van der Waals surface area contributed by atoms with Crippen molar-refractivity contribution in [2.75, 3.05) is 29.6 Å². The Morgan fingerprint density at radius 2 is 1.82 bits per heavy atom. The zero-order valence-electron chi connectivity index (χ0n) is 19.0. The van der Waals surface area contributed by atoms with E-state index in [0.717, 1.165) is 37.3 Å². The van der Waals surface area contributed by atoms with Gasteiger partial charge in [0.1, 0.15) is 30.0 Å². The van der Waals surface area contributed by atoms with Crippen molar-refractivity contribution >= 4 is 23.7 Å². The van der Waals surface area contributed by atoms with Crippen LogP contribution in [0.5, 0.6) is 5.75 Å². The maximum absolute atomic E-state index is 13.4. The quantitative estimate of drug-likeness (QED) is 0.554. The average Bonchev–Trinajstić information content (AvgIpc) is 3.16. The van der Waals surface area contributed by atoms with Crippen LogP contribution in [0.15, 0.2) is 47.7 Å². The van der Waals surface area contributed by atoms with Crippen molar-refractivity contribution in [1.29, 1.82) is 0 Å². The zero-order chi connectivity index (χ0) is 24.3. The van der Waals surface area contributed by atoms with Gasteiger partial charge in [-0.15, -0.1) is 0 Å². The Kier molecular flexibility index (Phi) is 6.95. The molecule has 2 aliphatic rings. The Bertz CT molecular complexity index is 1000. The highest BCUT2D eigenvalue weighted by atomic mass is 19.4. The highest BCUT2D eigenvalue weighted by molar-refractivity contribution is 5.95. The molecular formula is C24H27F3N4O3. The predicted octanol–water partition coefficient (Wildman–Crippen LogP) is 4.35. The fraction of sp³-hybridized carbons (Fsp3) is 0.458. The standard InChI is InChI=1S/C24H27F3N4O3/c1-16-3-8-22(28-13-16)30-11-9-20(10-12-30)34-19-6-4-18(5-7-19)31-21(14-33-15-32)17(2)23(29-31)24(25,26)27/h3-8,13,15,17,20-21H,9-12,14H2,1-2H3/t17-,21-/m0/s1. The first-order valence-electron chi connectivity index (χ1n) is 11.2. The number of hydrogen-bond acceptors (Lipinski definition) is 7. The largest absolute Gasteiger partial charge is 0.490 e. The first-order chi connectivity index (χ1) is 16.3. The van der Waals surface area contributed by atoms with Crippen LogP contribution in [0.2, 0.25) is 0 Å². The number of hydrogen-bond donors (Lipinski definition) is 0. The maximum atomic E-state index is 13.4. The lowest BCUT2D eigenvalue weighted by Gasteiger charge is -2.33. The monoisotopic (exact) mass is 476 g/mol. The third-order valence-corrected chi connectivity index (χ3v) is 6.23. The summed E-state index contributed by atoms with van der Waals surface area (Å²) in [7, 11) is 0. The number of alkyl halides is 3. The topological polar surface area (TPSA) is 67.3 Å². The molecule has 0 amide bonds. The van der Waals surface area contributed by atoms with Crippen LogP contribution in [0.3, 0.4) is 0 Å². The molecule has 0 saturated carbocycles. The van der Waals surface area contributed by atoms with E-state index in [1.807, 2.05) is 25.3 Å². The average molecular weight is 476 g/mol. The van der Waals surface area contributed by atoms with Gasteiger partial charge in [-0.2, -0.15) is 18.3 Å². The highest BCUT2D eigenvalue weighted by Crippen LogP contribution is 2.36. The van der Waals surface area contributed by atoms with E-state index in [4.69, 9.17) is 9.47 Å². The lowest BCUT2D eigenvalue weighted by molar-refractivity contribution is -0.129. The summed E-state index contributed by atoms with van der Waals surface area (Å²) < 4.78 is 51.0. The summed E-state index contributed by atoms with van der Waals surface area (Å²) in [6.45, 7) is 5.14. The normalized spacial score (nSPS) is 21.4. The van der Waals surface area contributed by atoms with Crippen molar-refractivity contribution < 1.29 is 27.4 Å². The number of aryl methyl sites for hydroxylation is 1. The predicted molar refractivity (Wildman–Crippen MR) is 122 cm³/mol. The molecule has 1 fully saturated rings. The molecule has 0 bridgehead atoms. The molecule has 0 unspecified atom stereocenters. The van der Waals surface area contributed by atoms with Crippen LogP contribution < -0.4 is 14.6 Å². The number of pyridine rings is 1. The molecule has 2 atom stereocenters. The van der Waals surface area contributed by atoms with Gasteiger partial charge in [0, 0.05) is 38.0 Å². The van der Waals surface area contributed by atoms with Gasteiger partial charge in [-0.3, -0.25) is 9.80 Å². The molecule has 0 radical (unpaired) electrons. The number of halogens is 3. The lowest BCUT2D eigenvalue weighted by Crippen LogP contribution is -2.39. The number of hydrazone groups is 1. The second kappa shape index (κ2) is 9.90. The number of benzene rings is 1. The molecule has 2 aromatic rings. The third kappa shape index (κ3) is 5.26. The van der Waals surface area contributed by atoms with Gasteiger partial charge >= 0.3 is 6.18 Å². The first-order valence-corrected chi connectivity index (χ1v) is 11.2. The van der Waals surface area contributed by atoms with Gasteiger partial charge in [0.15, 0.2) is 0 Å². The Labute approximate surface area is 196 Å². The number of nitrogens with zero attached hydrogens (tertiary/aromatic N) is 4. The van der Waals surface area contributed by atoms with Crippen LogP contribution >= 0.6 is 0 Å². The smallest absolute Gasteiger partial charge is 0.431 e. The van der Waals surface area contributed by atoms with Crippen LogP contribution in [-0.2, 0) is 9.53 Å². The van der Waals surface area contributed by atoms with E-state index in [0.29, 0.717) is 11.4 Å². The Morgan fingerprint density at radius 3 is 2.41 bits per heavy atom. The first kappa shape index (κ1) is 23.8. The molecule has 10 heteroatoms. The second-order valence-electron chi connectivity index (χ2n) is 8.61. The van der Waals surface area contributed by atoms with Gasteiger partial charge in [-0.1, -0.05) is 13.0 Å². The fourth-order valence-corrected chi connectivity index (χ4v) is 4.31. The van der Waals surface area contributed by atoms with E-state index in [1.54, 1.807) is 24.3 Å². The Balaban J connectivity index is 1.39. The minimum atomic E-state index is -4.56. The summed E-state index contributed by atoms with van der Waals surface area (Å²) >= 11 is 0. The lowest BCUT2D eigenvalue weighted by atomic mass is 9.97. The molecule has 4 rings (SSSR count). The molecule has 34 heavy (non-hydrogen) atoms. The number of anilines is 2. The van der Waals surface area contributed by atoms with Gasteiger partial charge in [0.2, 0.25) is 0 Å². The van der Waals surface area contributed by atoms with E-state index in [9.17, 15) is 18.0 Å². The van der Waals surface area contributed by atoms with Crippen LogP contribution in [-0.4, -0.2) is 55.2 Å². The summed E-state index contributed by atoms with van der Waals surface area (Å²) in [5, 5.41) is 5.08. The number of piperidine rings is 1. The highest BCUT2D eigenvalue weighted by Gasteiger charge is 2.48. The number of ether oxygens (including phenoxy) is 2. The third-order valence-electron chi connectivity index (χ3n) is 6.23. The minimum absolute atomic E-state index is 0.0444. The van der Waals surface area contributed by atoms with E-state index in [2.05, 4.69) is 15.0 Å². The summed E-state index contributed by atoms with van der Waals surface area (Å²) in [4.78, 5) is 17.3. The summed E-state index contributed by atoms with van der Waals surface area (Å²) in [5.74, 6) is 0.660. The van der Waals surface area contributed by atoms with Crippen molar-refractivity contribution in [2.45, 2.75) is 45.0 Å². The van der Waals surface area contributed by atoms with Crippen molar-refractivity contribution in [3.05, 3.63) is 48.2 Å². The summed E-state index contributed by atoms with van der Waals surface area (Å²) in [6.07, 6.45) is -0.975. The second-order valence-corrected chi connectivity index (χ2v) is 8.61. The molecular weight excluding hydrogens is 449 g/mol. The van der Waals surface area contributed by atoms with E-state index in [-0.39, 0.29) is 19.2 Å². The summed E-state index contributed by atoms with van der Waals surface area (Å²) in [6, 6.07) is 10.1. The fourth-order valence-electron chi connectivity index (χ4n) is 4.31. The number of carbonyl (C=O) groups excluding carboxylic acids is 1. The molecule has 0 aliphatic carbocycles. The van der Waals surface area contributed by atoms with Crippen molar-refractivity contribution in [2.24, 2.45) is 11.0 Å². The Hall–Kier alpha value is -3.30. The van der Waals surface area contributed by atoms with E-state index >= 15 is 0 Å². The van der Waals surface area contributed by atoms with Gasteiger partial charge in [-0.25, -0.2) is 4.98 Å². The molecule has 1 aromatic heterocycles. The molecule has 3 heterocycles.